The van der Waals surface area contributed by atoms with Gasteiger partial charge in [-0.15, -0.1) is 10.2 Å². The Morgan fingerprint density at radius 3 is 2.93 bits per heavy atom. The monoisotopic (exact) mass is 424 g/mol. The zero-order chi connectivity index (χ0) is 19.8. The Morgan fingerprint density at radius 2 is 2.10 bits per heavy atom. The van der Waals surface area contributed by atoms with Crippen molar-refractivity contribution in [2.75, 3.05) is 11.1 Å². The molecule has 1 aromatic carbocycles. The van der Waals surface area contributed by atoms with Crippen molar-refractivity contribution in [3.05, 3.63) is 53.9 Å². The summed E-state index contributed by atoms with van der Waals surface area (Å²) >= 11 is 7.38. The number of hydrogen-bond donors (Lipinski definition) is 2. The maximum absolute atomic E-state index is 12.4. The summed E-state index contributed by atoms with van der Waals surface area (Å²) in [5.41, 5.74) is 2.59. The summed E-state index contributed by atoms with van der Waals surface area (Å²) in [5, 5.41) is 13.8. The molecule has 5 rings (SSSR count). The molecule has 7 nitrogen and oxygen atoms in total. The fourth-order valence-electron chi connectivity index (χ4n) is 3.27. The van der Waals surface area contributed by atoms with Gasteiger partial charge in [-0.25, -0.2) is 4.98 Å². The van der Waals surface area contributed by atoms with Crippen molar-refractivity contribution in [2.45, 2.75) is 24.0 Å². The van der Waals surface area contributed by atoms with Crippen molar-refractivity contribution >= 4 is 45.9 Å². The molecule has 29 heavy (non-hydrogen) atoms. The predicted octanol–water partition coefficient (Wildman–Crippen LogP) is 4.54. The van der Waals surface area contributed by atoms with Crippen LogP contribution in [0.25, 0.3) is 22.3 Å². The lowest BCUT2D eigenvalue weighted by Gasteiger charge is -2.09. The Morgan fingerprint density at radius 1 is 1.24 bits per heavy atom. The highest BCUT2D eigenvalue weighted by Gasteiger charge is 2.31. The number of carbonyl (C=O) groups excluding carboxylic acids is 1. The van der Waals surface area contributed by atoms with Gasteiger partial charge in [0.25, 0.3) is 0 Å². The van der Waals surface area contributed by atoms with Crippen LogP contribution >= 0.6 is 23.4 Å². The van der Waals surface area contributed by atoms with Crippen molar-refractivity contribution in [3.8, 4) is 11.4 Å². The van der Waals surface area contributed by atoms with Crippen LogP contribution in [0.15, 0.2) is 53.9 Å². The number of nitrogens with one attached hydrogen (secondary N) is 2. The van der Waals surface area contributed by atoms with Gasteiger partial charge in [0.1, 0.15) is 0 Å². The molecule has 3 heterocycles. The third-order valence-corrected chi connectivity index (χ3v) is 6.02. The standard InChI is InChI=1S/C20H17ClN6OS/c21-18-16(6-3-9-22-18)24-17(28)11-29-20-26-25-19(27(20)12-7-8-12)14-10-23-15-5-2-1-4-13(14)15/h1-6,9-10,12,23H,7-8,11H2,(H,24,28). The van der Waals surface area contributed by atoms with E-state index in [2.05, 4.69) is 36.1 Å². The van der Waals surface area contributed by atoms with Crippen LogP contribution in [0.1, 0.15) is 18.9 Å². The quantitative estimate of drug-likeness (QED) is 0.350. The van der Waals surface area contributed by atoms with E-state index in [9.17, 15) is 4.79 Å². The first kappa shape index (κ1) is 18.2. The molecule has 0 atom stereocenters. The van der Waals surface area contributed by atoms with Gasteiger partial charge in [-0.1, -0.05) is 41.6 Å². The Balaban J connectivity index is 1.38. The van der Waals surface area contributed by atoms with E-state index < -0.39 is 0 Å². The molecule has 4 aromatic rings. The van der Waals surface area contributed by atoms with E-state index in [4.69, 9.17) is 11.6 Å². The highest BCUT2D eigenvalue weighted by atomic mass is 35.5. The molecule has 146 valence electrons. The van der Waals surface area contributed by atoms with E-state index in [-0.39, 0.29) is 16.8 Å². The number of pyridine rings is 1. The number of rotatable bonds is 6. The Hall–Kier alpha value is -2.84. The molecule has 2 N–H and O–H groups in total. The third-order valence-electron chi connectivity index (χ3n) is 4.77. The van der Waals surface area contributed by atoms with Crippen LogP contribution in [-0.4, -0.2) is 36.4 Å². The van der Waals surface area contributed by atoms with E-state index in [1.807, 2.05) is 24.4 Å². The van der Waals surface area contributed by atoms with Crippen LogP contribution < -0.4 is 5.32 Å². The molecule has 0 aliphatic heterocycles. The normalized spacial score (nSPS) is 13.7. The number of aromatic amines is 1. The minimum Gasteiger partial charge on any atom is -0.360 e. The van der Waals surface area contributed by atoms with Gasteiger partial charge in [-0.2, -0.15) is 0 Å². The van der Waals surface area contributed by atoms with Crippen molar-refractivity contribution < 1.29 is 4.79 Å². The maximum atomic E-state index is 12.4. The average molecular weight is 425 g/mol. The molecule has 0 radical (unpaired) electrons. The van der Waals surface area contributed by atoms with Crippen LogP contribution in [0.4, 0.5) is 5.69 Å². The van der Waals surface area contributed by atoms with E-state index >= 15 is 0 Å². The lowest BCUT2D eigenvalue weighted by atomic mass is 10.1. The molecule has 1 aliphatic carbocycles. The number of amides is 1. The van der Waals surface area contributed by atoms with Crippen LogP contribution in [0.3, 0.4) is 0 Å². The number of nitrogens with zero attached hydrogens (tertiary/aromatic N) is 4. The van der Waals surface area contributed by atoms with E-state index in [0.717, 1.165) is 40.3 Å². The highest BCUT2D eigenvalue weighted by molar-refractivity contribution is 7.99. The largest absolute Gasteiger partial charge is 0.360 e. The highest BCUT2D eigenvalue weighted by Crippen LogP contribution is 2.42. The van der Waals surface area contributed by atoms with Crippen LogP contribution in [0, 0.1) is 0 Å². The summed E-state index contributed by atoms with van der Waals surface area (Å²) in [6, 6.07) is 12.0. The second kappa shape index (κ2) is 7.53. The number of benzene rings is 1. The summed E-state index contributed by atoms with van der Waals surface area (Å²) in [6.07, 6.45) is 5.74. The van der Waals surface area contributed by atoms with Gasteiger partial charge in [0.2, 0.25) is 5.91 Å². The van der Waals surface area contributed by atoms with Crippen molar-refractivity contribution in [2.24, 2.45) is 0 Å². The minimum atomic E-state index is -0.163. The number of hydrogen-bond acceptors (Lipinski definition) is 5. The molecule has 1 amide bonds. The summed E-state index contributed by atoms with van der Waals surface area (Å²) in [7, 11) is 0. The average Bonchev–Trinajstić information content (AvgIpc) is 3.34. The maximum Gasteiger partial charge on any atom is 0.234 e. The van der Waals surface area contributed by atoms with Gasteiger partial charge in [-0.3, -0.25) is 9.36 Å². The molecule has 0 unspecified atom stereocenters. The Labute approximate surface area is 175 Å². The summed E-state index contributed by atoms with van der Waals surface area (Å²) in [6.45, 7) is 0. The molecular formula is C20H17ClN6OS. The molecular weight excluding hydrogens is 408 g/mol. The summed E-state index contributed by atoms with van der Waals surface area (Å²) in [5.74, 6) is 0.885. The lowest BCUT2D eigenvalue weighted by Crippen LogP contribution is -2.15. The molecule has 0 bridgehead atoms. The first-order valence-corrected chi connectivity index (χ1v) is 10.6. The number of fused-ring (bicyclic) bond motifs is 1. The van der Waals surface area contributed by atoms with Gasteiger partial charge >= 0.3 is 0 Å². The fraction of sp³-hybridized carbons (Fsp3) is 0.200. The molecule has 1 saturated carbocycles. The Kier molecular flexibility index (Phi) is 4.73. The fourth-order valence-corrected chi connectivity index (χ4v) is 4.25. The smallest absolute Gasteiger partial charge is 0.234 e. The van der Waals surface area contributed by atoms with E-state index in [1.54, 1.807) is 18.3 Å². The minimum absolute atomic E-state index is 0.163. The molecule has 1 fully saturated rings. The number of halogens is 1. The molecule has 0 spiro atoms. The van der Waals surface area contributed by atoms with Gasteiger partial charge < -0.3 is 10.3 Å². The third kappa shape index (κ3) is 3.61. The number of carbonyl (C=O) groups is 1. The van der Waals surface area contributed by atoms with Crippen LogP contribution in [0.5, 0.6) is 0 Å². The number of para-hydroxylation sites is 1. The Bertz CT molecular complexity index is 1200. The van der Waals surface area contributed by atoms with Crippen molar-refractivity contribution in [1.29, 1.82) is 0 Å². The van der Waals surface area contributed by atoms with E-state index in [0.29, 0.717) is 11.7 Å². The SMILES string of the molecule is O=C(CSc1nnc(-c2c[nH]c3ccccc23)n1C1CC1)Nc1cccnc1Cl. The summed E-state index contributed by atoms with van der Waals surface area (Å²) in [4.78, 5) is 19.6. The van der Waals surface area contributed by atoms with Crippen molar-refractivity contribution in [3.63, 3.8) is 0 Å². The van der Waals surface area contributed by atoms with Gasteiger partial charge in [0, 0.05) is 34.9 Å². The first-order valence-electron chi connectivity index (χ1n) is 9.25. The first-order chi connectivity index (χ1) is 14.2. The van der Waals surface area contributed by atoms with Gasteiger partial charge in [0.15, 0.2) is 16.1 Å². The summed E-state index contributed by atoms with van der Waals surface area (Å²) < 4.78 is 2.16. The number of thioether (sulfide) groups is 1. The number of aromatic nitrogens is 5. The zero-order valence-electron chi connectivity index (χ0n) is 15.3. The second-order valence-electron chi connectivity index (χ2n) is 6.83. The second-order valence-corrected chi connectivity index (χ2v) is 8.13. The van der Waals surface area contributed by atoms with E-state index in [1.165, 1.54) is 11.8 Å². The zero-order valence-corrected chi connectivity index (χ0v) is 16.9. The molecule has 3 aromatic heterocycles. The lowest BCUT2D eigenvalue weighted by molar-refractivity contribution is -0.113. The van der Waals surface area contributed by atoms with Crippen molar-refractivity contribution in [1.82, 2.24) is 24.7 Å². The molecule has 0 saturated heterocycles. The molecule has 1 aliphatic rings. The van der Waals surface area contributed by atoms with Gasteiger partial charge in [-0.05, 0) is 31.0 Å². The van der Waals surface area contributed by atoms with Gasteiger partial charge in [0.05, 0.1) is 11.4 Å². The van der Waals surface area contributed by atoms with Crippen LogP contribution in [-0.2, 0) is 4.79 Å². The molecule has 9 heteroatoms. The number of anilines is 1. The predicted molar refractivity (Wildman–Crippen MR) is 114 cm³/mol. The topological polar surface area (TPSA) is 88.5 Å². The van der Waals surface area contributed by atoms with Crippen LogP contribution in [0.2, 0.25) is 5.15 Å². The number of H-pyrrole nitrogens is 1.